The smallest absolute Gasteiger partial charge is 0.272 e. The highest BCUT2D eigenvalue weighted by molar-refractivity contribution is 8.14. The molecule has 1 amide bonds. The summed E-state index contributed by atoms with van der Waals surface area (Å²) in [4.78, 5) is 31.1. The van der Waals surface area contributed by atoms with Gasteiger partial charge >= 0.3 is 0 Å². The molecule has 2 rings (SSSR count). The van der Waals surface area contributed by atoms with Crippen LogP contribution in [0.25, 0.3) is 0 Å². The molecule has 1 fully saturated rings. The number of anilines is 1. The molecular formula is C13H19N3O2S2. The molecule has 1 aliphatic heterocycles. The van der Waals surface area contributed by atoms with Gasteiger partial charge in [0.25, 0.3) is 5.91 Å². The van der Waals surface area contributed by atoms with Gasteiger partial charge in [0.2, 0.25) is 0 Å². The summed E-state index contributed by atoms with van der Waals surface area (Å²) in [7, 11) is 3.46. The molecule has 20 heavy (non-hydrogen) atoms. The SMILES string of the molecule is CC(=O)SC1CCN(c2nc(C(=O)N(C)C)cs2)CC1. The van der Waals surface area contributed by atoms with Gasteiger partial charge in [-0.05, 0) is 12.8 Å². The van der Waals surface area contributed by atoms with Gasteiger partial charge in [0.15, 0.2) is 10.2 Å². The number of nitrogens with zero attached hydrogens (tertiary/aromatic N) is 3. The van der Waals surface area contributed by atoms with Crippen LogP contribution in [-0.4, -0.2) is 53.3 Å². The Hall–Kier alpha value is -1.08. The van der Waals surface area contributed by atoms with Crippen LogP contribution >= 0.6 is 23.1 Å². The van der Waals surface area contributed by atoms with Crippen LogP contribution in [0.1, 0.15) is 30.3 Å². The van der Waals surface area contributed by atoms with E-state index in [1.807, 2.05) is 5.38 Å². The summed E-state index contributed by atoms with van der Waals surface area (Å²) in [5.74, 6) is -0.0606. The van der Waals surface area contributed by atoms with E-state index in [-0.39, 0.29) is 11.0 Å². The highest BCUT2D eigenvalue weighted by Crippen LogP contribution is 2.29. The Kier molecular flexibility index (Phi) is 5.04. The van der Waals surface area contributed by atoms with Crippen LogP contribution < -0.4 is 4.90 Å². The van der Waals surface area contributed by atoms with E-state index in [1.54, 1.807) is 21.0 Å². The predicted molar refractivity (Wildman–Crippen MR) is 83.6 cm³/mol. The molecule has 0 unspecified atom stereocenters. The number of carbonyl (C=O) groups is 2. The van der Waals surface area contributed by atoms with Crippen LogP contribution in [-0.2, 0) is 4.79 Å². The van der Waals surface area contributed by atoms with Crippen LogP contribution in [0, 0.1) is 0 Å². The van der Waals surface area contributed by atoms with Gasteiger partial charge in [0.1, 0.15) is 5.69 Å². The average Bonchev–Trinajstić information content (AvgIpc) is 2.87. The Labute approximate surface area is 127 Å². The molecule has 1 aromatic heterocycles. The topological polar surface area (TPSA) is 53.5 Å². The number of piperidine rings is 1. The maximum absolute atomic E-state index is 11.8. The number of hydrogen-bond acceptors (Lipinski definition) is 6. The molecule has 2 heterocycles. The molecule has 0 atom stereocenters. The lowest BCUT2D eigenvalue weighted by atomic mass is 10.1. The highest BCUT2D eigenvalue weighted by Gasteiger charge is 2.23. The lowest BCUT2D eigenvalue weighted by Crippen LogP contribution is -2.35. The minimum Gasteiger partial charge on any atom is -0.348 e. The summed E-state index contributed by atoms with van der Waals surface area (Å²) >= 11 is 2.95. The molecule has 0 aliphatic carbocycles. The third-order valence-corrected chi connectivity index (χ3v) is 5.20. The van der Waals surface area contributed by atoms with Crippen molar-refractivity contribution in [3.8, 4) is 0 Å². The summed E-state index contributed by atoms with van der Waals surface area (Å²) in [6.45, 7) is 3.42. The standard InChI is InChI=1S/C13H19N3O2S2/c1-9(17)20-10-4-6-16(7-5-10)13-14-11(8-19-13)12(18)15(2)3/h8,10H,4-7H2,1-3H3. The largest absolute Gasteiger partial charge is 0.348 e. The van der Waals surface area contributed by atoms with Gasteiger partial charge in [-0.25, -0.2) is 4.98 Å². The minimum atomic E-state index is -0.0606. The number of thiazole rings is 1. The number of thioether (sulfide) groups is 1. The first-order valence-electron chi connectivity index (χ1n) is 6.56. The summed E-state index contributed by atoms with van der Waals surface area (Å²) in [5, 5.41) is 3.33. The van der Waals surface area contributed by atoms with Gasteiger partial charge in [-0.2, -0.15) is 0 Å². The molecule has 0 spiro atoms. The molecule has 0 radical (unpaired) electrons. The molecule has 1 saturated heterocycles. The predicted octanol–water partition coefficient (Wildman–Crippen LogP) is 2.09. The van der Waals surface area contributed by atoms with Crippen LogP contribution in [0.15, 0.2) is 5.38 Å². The van der Waals surface area contributed by atoms with Crippen molar-refractivity contribution >= 4 is 39.3 Å². The second kappa shape index (κ2) is 6.58. The Morgan fingerprint density at radius 2 is 2.05 bits per heavy atom. The van der Waals surface area contributed by atoms with Crippen molar-refractivity contribution in [2.24, 2.45) is 0 Å². The maximum atomic E-state index is 11.8. The number of aromatic nitrogens is 1. The third-order valence-electron chi connectivity index (χ3n) is 3.16. The van der Waals surface area contributed by atoms with E-state index in [0.29, 0.717) is 10.9 Å². The second-order valence-corrected chi connectivity index (χ2v) is 7.32. The van der Waals surface area contributed by atoms with E-state index in [2.05, 4.69) is 9.88 Å². The van der Waals surface area contributed by atoms with E-state index < -0.39 is 0 Å². The first kappa shape index (κ1) is 15.3. The van der Waals surface area contributed by atoms with Gasteiger partial charge in [-0.15, -0.1) is 11.3 Å². The molecule has 1 aromatic rings. The van der Waals surface area contributed by atoms with E-state index in [9.17, 15) is 9.59 Å². The van der Waals surface area contributed by atoms with Crippen molar-refractivity contribution in [3.05, 3.63) is 11.1 Å². The zero-order chi connectivity index (χ0) is 14.7. The molecule has 0 aromatic carbocycles. The van der Waals surface area contributed by atoms with Gasteiger partial charge in [-0.3, -0.25) is 9.59 Å². The number of carbonyl (C=O) groups excluding carboxylic acids is 2. The third kappa shape index (κ3) is 3.73. The van der Waals surface area contributed by atoms with Gasteiger partial charge in [0, 0.05) is 44.7 Å². The second-order valence-electron chi connectivity index (χ2n) is 5.01. The Balaban J connectivity index is 1.94. The number of rotatable bonds is 3. The van der Waals surface area contributed by atoms with Crippen LogP contribution in [0.2, 0.25) is 0 Å². The lowest BCUT2D eigenvalue weighted by molar-refractivity contribution is -0.109. The quantitative estimate of drug-likeness (QED) is 0.855. The molecule has 0 saturated carbocycles. The van der Waals surface area contributed by atoms with Crippen LogP contribution in [0.5, 0.6) is 0 Å². The summed E-state index contributed by atoms with van der Waals surface area (Å²) in [6, 6.07) is 0. The van der Waals surface area contributed by atoms with E-state index in [1.165, 1.54) is 28.0 Å². The summed E-state index contributed by atoms with van der Waals surface area (Å²) in [6.07, 6.45) is 1.97. The van der Waals surface area contributed by atoms with Crippen molar-refractivity contribution in [1.82, 2.24) is 9.88 Å². The maximum Gasteiger partial charge on any atom is 0.272 e. The van der Waals surface area contributed by atoms with Crippen LogP contribution in [0.3, 0.4) is 0 Å². The fraction of sp³-hybridized carbons (Fsp3) is 0.615. The van der Waals surface area contributed by atoms with E-state index in [0.717, 1.165) is 31.1 Å². The Morgan fingerprint density at radius 3 is 2.60 bits per heavy atom. The molecule has 110 valence electrons. The lowest BCUT2D eigenvalue weighted by Gasteiger charge is -2.30. The normalized spacial score (nSPS) is 16.2. The monoisotopic (exact) mass is 313 g/mol. The molecule has 7 heteroatoms. The first-order valence-corrected chi connectivity index (χ1v) is 8.32. The zero-order valence-corrected chi connectivity index (χ0v) is 13.6. The van der Waals surface area contributed by atoms with Crippen LogP contribution in [0.4, 0.5) is 5.13 Å². The van der Waals surface area contributed by atoms with E-state index >= 15 is 0 Å². The van der Waals surface area contributed by atoms with Gasteiger partial charge in [0.05, 0.1) is 0 Å². The molecule has 0 bridgehead atoms. The fourth-order valence-corrected chi connectivity index (χ4v) is 3.91. The highest BCUT2D eigenvalue weighted by atomic mass is 32.2. The Morgan fingerprint density at radius 1 is 1.40 bits per heavy atom. The van der Waals surface area contributed by atoms with Crippen molar-refractivity contribution in [1.29, 1.82) is 0 Å². The fourth-order valence-electron chi connectivity index (χ4n) is 2.14. The van der Waals surface area contributed by atoms with Gasteiger partial charge < -0.3 is 9.80 Å². The van der Waals surface area contributed by atoms with Crippen molar-refractivity contribution in [3.63, 3.8) is 0 Å². The summed E-state index contributed by atoms with van der Waals surface area (Å²) in [5.41, 5.74) is 0.509. The minimum absolute atomic E-state index is 0.0606. The van der Waals surface area contributed by atoms with E-state index in [4.69, 9.17) is 0 Å². The van der Waals surface area contributed by atoms with Crippen molar-refractivity contribution in [2.45, 2.75) is 25.0 Å². The van der Waals surface area contributed by atoms with Crippen molar-refractivity contribution < 1.29 is 9.59 Å². The number of amides is 1. The first-order chi connectivity index (χ1) is 9.47. The molecular weight excluding hydrogens is 294 g/mol. The Bertz CT molecular complexity index is 494. The van der Waals surface area contributed by atoms with Crippen molar-refractivity contribution in [2.75, 3.05) is 32.1 Å². The zero-order valence-electron chi connectivity index (χ0n) is 12.0. The molecule has 5 nitrogen and oxygen atoms in total. The molecule has 1 aliphatic rings. The summed E-state index contributed by atoms with van der Waals surface area (Å²) < 4.78 is 0. The van der Waals surface area contributed by atoms with Gasteiger partial charge in [-0.1, -0.05) is 11.8 Å². The molecule has 0 N–H and O–H groups in total. The number of hydrogen-bond donors (Lipinski definition) is 0. The average molecular weight is 313 g/mol.